The van der Waals surface area contributed by atoms with Crippen LogP contribution in [-0.2, 0) is 14.8 Å². The summed E-state index contributed by atoms with van der Waals surface area (Å²) >= 11 is 0. The molecule has 0 saturated heterocycles. The van der Waals surface area contributed by atoms with Crippen LogP contribution in [0.15, 0.2) is 62.6 Å². The molecule has 9 heteroatoms. The van der Waals surface area contributed by atoms with E-state index in [0.29, 0.717) is 16.7 Å². The highest BCUT2D eigenvalue weighted by atomic mass is 32.2. The number of ether oxygens (including phenoxy) is 1. The fourth-order valence-electron chi connectivity index (χ4n) is 4.02. The van der Waals surface area contributed by atoms with Gasteiger partial charge in [0.05, 0.1) is 22.8 Å². The zero-order valence-electron chi connectivity index (χ0n) is 18.3. The molecule has 0 unspecified atom stereocenters. The Morgan fingerprint density at radius 1 is 1.03 bits per heavy atom. The molecule has 2 N–H and O–H groups in total. The average Bonchev–Trinajstić information content (AvgIpc) is 2.82. The Kier molecular flexibility index (Phi) is 6.69. The first-order chi connectivity index (χ1) is 15.9. The van der Waals surface area contributed by atoms with Crippen LogP contribution in [0, 0.1) is 0 Å². The second-order valence-corrected chi connectivity index (χ2v) is 9.65. The fourth-order valence-corrected chi connectivity index (χ4v) is 5.09. The van der Waals surface area contributed by atoms with Gasteiger partial charge >= 0.3 is 11.6 Å². The van der Waals surface area contributed by atoms with Crippen LogP contribution < -0.4 is 15.7 Å². The van der Waals surface area contributed by atoms with Gasteiger partial charge in [0.1, 0.15) is 5.58 Å². The average molecular weight is 471 g/mol. The quantitative estimate of drug-likeness (QED) is 0.385. The van der Waals surface area contributed by atoms with Crippen LogP contribution in [0.1, 0.15) is 49.4 Å². The predicted molar refractivity (Wildman–Crippen MR) is 126 cm³/mol. The van der Waals surface area contributed by atoms with E-state index in [1.807, 2.05) is 0 Å². The van der Waals surface area contributed by atoms with Gasteiger partial charge in [-0.1, -0.05) is 31.4 Å². The molecule has 1 aliphatic rings. The molecule has 0 bridgehead atoms. The third-order valence-electron chi connectivity index (χ3n) is 5.68. The molecule has 8 nitrogen and oxygen atoms in total. The lowest BCUT2D eigenvalue weighted by molar-refractivity contribution is 0.0526. The molecule has 3 aromatic rings. The minimum Gasteiger partial charge on any atom is -0.462 e. The summed E-state index contributed by atoms with van der Waals surface area (Å²) in [4.78, 5) is 24.6. The van der Waals surface area contributed by atoms with E-state index in [4.69, 9.17) is 9.15 Å². The Hall–Kier alpha value is -3.33. The molecule has 33 heavy (non-hydrogen) atoms. The van der Waals surface area contributed by atoms with Gasteiger partial charge in [0.15, 0.2) is 5.69 Å². The fraction of sp³-hybridized carbons (Fsp3) is 0.333. The number of hydrogen-bond acceptors (Lipinski definition) is 7. The maximum Gasteiger partial charge on any atom is 0.363 e. The lowest BCUT2D eigenvalue weighted by atomic mass is 9.95. The maximum atomic E-state index is 13.1. The molecule has 1 aromatic heterocycles. The molecule has 1 heterocycles. The minimum absolute atomic E-state index is 0.0910. The van der Waals surface area contributed by atoms with E-state index < -0.39 is 21.6 Å². The number of fused-ring (bicyclic) bond motifs is 1. The van der Waals surface area contributed by atoms with Gasteiger partial charge in [0.2, 0.25) is 0 Å². The molecular formula is C24H26N2O6S. The van der Waals surface area contributed by atoms with Gasteiger partial charge < -0.3 is 14.5 Å². The number of para-hydroxylation sites is 1. The van der Waals surface area contributed by atoms with Gasteiger partial charge in [-0.25, -0.2) is 18.0 Å². The molecule has 0 aliphatic heterocycles. The summed E-state index contributed by atoms with van der Waals surface area (Å²) in [6.07, 6.45) is 5.19. The van der Waals surface area contributed by atoms with E-state index in [1.165, 1.54) is 24.3 Å². The summed E-state index contributed by atoms with van der Waals surface area (Å²) in [5.74, 6) is -0.538. The van der Waals surface area contributed by atoms with Crippen molar-refractivity contribution in [1.29, 1.82) is 0 Å². The van der Waals surface area contributed by atoms with Crippen molar-refractivity contribution in [3.8, 4) is 0 Å². The Bertz CT molecular complexity index is 1310. The van der Waals surface area contributed by atoms with Crippen molar-refractivity contribution < 1.29 is 22.4 Å². The topological polar surface area (TPSA) is 115 Å². The number of sulfonamides is 1. The largest absolute Gasteiger partial charge is 0.462 e. The number of hydrogen-bond donors (Lipinski definition) is 2. The van der Waals surface area contributed by atoms with E-state index in [2.05, 4.69) is 10.0 Å². The highest BCUT2D eigenvalue weighted by Gasteiger charge is 2.24. The van der Waals surface area contributed by atoms with E-state index in [1.54, 1.807) is 31.2 Å². The van der Waals surface area contributed by atoms with E-state index >= 15 is 0 Å². The third kappa shape index (κ3) is 5.03. The van der Waals surface area contributed by atoms with Gasteiger partial charge in [-0.2, -0.15) is 0 Å². The summed E-state index contributed by atoms with van der Waals surface area (Å²) in [7, 11) is -4.12. The lowest BCUT2D eigenvalue weighted by Crippen LogP contribution is -2.26. The van der Waals surface area contributed by atoms with Crippen molar-refractivity contribution in [2.24, 2.45) is 0 Å². The van der Waals surface area contributed by atoms with Crippen molar-refractivity contribution in [2.75, 3.05) is 16.6 Å². The number of carbonyl (C=O) groups is 1. The van der Waals surface area contributed by atoms with Crippen LogP contribution in [0.2, 0.25) is 0 Å². The molecule has 174 valence electrons. The number of nitrogens with one attached hydrogen (secondary N) is 2. The first kappa shape index (κ1) is 22.8. The van der Waals surface area contributed by atoms with E-state index in [9.17, 15) is 18.0 Å². The molecule has 4 rings (SSSR count). The summed E-state index contributed by atoms with van der Waals surface area (Å²) < 4.78 is 39.0. The van der Waals surface area contributed by atoms with Crippen molar-refractivity contribution in [1.82, 2.24) is 0 Å². The van der Waals surface area contributed by atoms with Crippen molar-refractivity contribution in [3.05, 3.63) is 64.5 Å². The Morgan fingerprint density at radius 2 is 1.73 bits per heavy atom. The second-order valence-electron chi connectivity index (χ2n) is 7.97. The zero-order chi connectivity index (χ0) is 23.4. The molecule has 1 fully saturated rings. The van der Waals surface area contributed by atoms with E-state index in [-0.39, 0.29) is 28.8 Å². The maximum absolute atomic E-state index is 13.1. The molecule has 0 radical (unpaired) electrons. The van der Waals surface area contributed by atoms with Crippen molar-refractivity contribution in [2.45, 2.75) is 50.0 Å². The molecule has 1 saturated carbocycles. The van der Waals surface area contributed by atoms with Crippen LogP contribution in [0.5, 0.6) is 0 Å². The SMILES string of the molecule is CCOC(=O)c1ccc(S(=O)(=O)Nc2c(NC3CCCCC3)c3ccccc3oc2=O)cc1. The summed E-state index contributed by atoms with van der Waals surface area (Å²) in [5, 5.41) is 4.02. The Balaban J connectivity index is 1.71. The van der Waals surface area contributed by atoms with Crippen LogP contribution in [0.3, 0.4) is 0 Å². The molecule has 0 spiro atoms. The van der Waals surface area contributed by atoms with E-state index in [0.717, 1.165) is 32.1 Å². The van der Waals surface area contributed by atoms with Gasteiger partial charge in [-0.3, -0.25) is 4.72 Å². The molecule has 2 aromatic carbocycles. The Labute approximate surface area is 192 Å². The second kappa shape index (κ2) is 9.66. The number of anilines is 2. The summed E-state index contributed by atoms with van der Waals surface area (Å²) in [6.45, 7) is 1.91. The lowest BCUT2D eigenvalue weighted by Gasteiger charge is -2.25. The van der Waals surface area contributed by atoms with Crippen LogP contribution >= 0.6 is 0 Å². The first-order valence-corrected chi connectivity index (χ1v) is 12.5. The number of benzene rings is 2. The molecule has 0 amide bonds. The highest BCUT2D eigenvalue weighted by Crippen LogP contribution is 2.33. The standard InChI is InChI=1S/C24H26N2O6S/c1-2-31-23(27)16-12-14-18(15-13-16)33(29,30)26-22-21(25-17-8-4-3-5-9-17)19-10-6-7-11-20(19)32-24(22)28/h6-7,10-15,17,25-26H,2-5,8-9H2,1H3. The van der Waals surface area contributed by atoms with Gasteiger partial charge in [-0.15, -0.1) is 0 Å². The predicted octanol–water partition coefficient (Wildman–Crippen LogP) is 4.52. The monoisotopic (exact) mass is 470 g/mol. The normalized spacial score (nSPS) is 14.7. The van der Waals surface area contributed by atoms with Gasteiger partial charge in [0, 0.05) is 11.4 Å². The third-order valence-corrected chi connectivity index (χ3v) is 7.04. The van der Waals surface area contributed by atoms with Crippen molar-refractivity contribution >= 4 is 38.3 Å². The first-order valence-electron chi connectivity index (χ1n) is 11.0. The number of rotatable bonds is 7. The van der Waals surface area contributed by atoms with Gasteiger partial charge in [0.25, 0.3) is 10.0 Å². The number of carbonyl (C=O) groups excluding carboxylic acids is 1. The zero-order valence-corrected chi connectivity index (χ0v) is 19.1. The van der Waals surface area contributed by atoms with Crippen LogP contribution in [0.25, 0.3) is 11.0 Å². The van der Waals surface area contributed by atoms with Crippen molar-refractivity contribution in [3.63, 3.8) is 0 Å². The van der Waals surface area contributed by atoms with Crippen LogP contribution in [-0.4, -0.2) is 27.0 Å². The number of esters is 1. The summed E-state index contributed by atoms with van der Waals surface area (Å²) in [6, 6.07) is 12.5. The summed E-state index contributed by atoms with van der Waals surface area (Å²) in [5.41, 5.74) is 0.0937. The highest BCUT2D eigenvalue weighted by molar-refractivity contribution is 7.92. The van der Waals surface area contributed by atoms with Gasteiger partial charge in [-0.05, 0) is 56.2 Å². The molecular weight excluding hydrogens is 444 g/mol. The smallest absolute Gasteiger partial charge is 0.363 e. The molecule has 1 aliphatic carbocycles. The molecule has 0 atom stereocenters. The Morgan fingerprint density at radius 3 is 2.42 bits per heavy atom. The van der Waals surface area contributed by atoms with Crippen LogP contribution in [0.4, 0.5) is 11.4 Å². The minimum atomic E-state index is -4.12.